The van der Waals surface area contributed by atoms with Gasteiger partial charge in [-0.15, -0.1) is 11.3 Å². The topological polar surface area (TPSA) is 58.2 Å². The molecular formula is C20H22F3N3O2S. The van der Waals surface area contributed by atoms with Gasteiger partial charge in [0.15, 0.2) is 0 Å². The van der Waals surface area contributed by atoms with Gasteiger partial charge in [-0.1, -0.05) is 13.8 Å². The second-order valence-electron chi connectivity index (χ2n) is 6.30. The van der Waals surface area contributed by atoms with Crippen molar-refractivity contribution in [2.75, 3.05) is 25.1 Å². The van der Waals surface area contributed by atoms with Crippen LogP contribution < -0.4 is 15.2 Å². The van der Waals surface area contributed by atoms with E-state index in [0.29, 0.717) is 21.3 Å². The number of aromatic amines is 1. The van der Waals surface area contributed by atoms with Crippen molar-refractivity contribution in [3.05, 3.63) is 40.4 Å². The minimum absolute atomic E-state index is 0.238. The van der Waals surface area contributed by atoms with E-state index in [4.69, 9.17) is 4.74 Å². The molecule has 4 rings (SSSR count). The monoisotopic (exact) mass is 425 g/mol. The van der Waals surface area contributed by atoms with Gasteiger partial charge in [0.1, 0.15) is 16.1 Å². The number of nitrogens with zero attached hydrogens (tertiary/aromatic N) is 2. The fraction of sp³-hybridized carbons (Fsp3) is 0.400. The van der Waals surface area contributed by atoms with Crippen LogP contribution in [0.4, 0.5) is 18.2 Å². The third-order valence-electron chi connectivity index (χ3n) is 4.64. The molecule has 29 heavy (non-hydrogen) atoms. The Balaban J connectivity index is 0.00000117. The number of rotatable bonds is 3. The quantitative estimate of drug-likeness (QED) is 0.618. The van der Waals surface area contributed by atoms with Crippen molar-refractivity contribution in [3.8, 4) is 16.2 Å². The normalized spacial score (nSPS) is 14.1. The Hall–Kier alpha value is -2.55. The molecule has 0 aliphatic carbocycles. The van der Waals surface area contributed by atoms with Gasteiger partial charge in [-0.25, -0.2) is 4.98 Å². The number of hydrogen-bond acceptors (Lipinski definition) is 5. The van der Waals surface area contributed by atoms with E-state index in [1.165, 1.54) is 30.8 Å². The Bertz CT molecular complexity index is 1050. The molecule has 3 heterocycles. The molecule has 0 spiro atoms. The summed E-state index contributed by atoms with van der Waals surface area (Å²) in [4.78, 5) is 21.9. The molecule has 5 nitrogen and oxygen atoms in total. The van der Waals surface area contributed by atoms with Crippen LogP contribution in [0.15, 0.2) is 29.3 Å². The van der Waals surface area contributed by atoms with Gasteiger partial charge in [0, 0.05) is 13.1 Å². The molecule has 0 bridgehead atoms. The maximum Gasteiger partial charge on any atom is 0.419 e. The number of thiophene rings is 1. The number of alkyl halides is 3. The first-order valence-electron chi connectivity index (χ1n) is 9.41. The van der Waals surface area contributed by atoms with Crippen LogP contribution in [0.1, 0.15) is 32.3 Å². The summed E-state index contributed by atoms with van der Waals surface area (Å²) in [5.74, 6) is -0.238. The third kappa shape index (κ3) is 3.96. The number of nitrogens with one attached hydrogen (secondary N) is 1. The minimum Gasteiger partial charge on any atom is -0.496 e. The lowest BCUT2D eigenvalue weighted by atomic mass is 10.1. The average molecular weight is 425 g/mol. The highest BCUT2D eigenvalue weighted by Gasteiger charge is 2.35. The van der Waals surface area contributed by atoms with Gasteiger partial charge >= 0.3 is 6.18 Å². The number of halogens is 3. The maximum atomic E-state index is 13.4. The Morgan fingerprint density at radius 1 is 1.21 bits per heavy atom. The molecule has 156 valence electrons. The number of fused-ring (bicyclic) bond motifs is 1. The zero-order valence-corrected chi connectivity index (χ0v) is 17.2. The lowest BCUT2D eigenvalue weighted by Gasteiger charge is -2.15. The summed E-state index contributed by atoms with van der Waals surface area (Å²) in [6, 6.07) is 3.92. The van der Waals surface area contributed by atoms with Crippen molar-refractivity contribution < 1.29 is 17.9 Å². The van der Waals surface area contributed by atoms with Crippen LogP contribution in [-0.2, 0) is 6.18 Å². The lowest BCUT2D eigenvalue weighted by Crippen LogP contribution is -2.18. The van der Waals surface area contributed by atoms with E-state index in [0.717, 1.165) is 37.0 Å². The summed E-state index contributed by atoms with van der Waals surface area (Å²) in [5.41, 5.74) is -0.351. The first kappa shape index (κ1) is 21.2. The smallest absolute Gasteiger partial charge is 0.419 e. The summed E-state index contributed by atoms with van der Waals surface area (Å²) < 4.78 is 45.1. The summed E-state index contributed by atoms with van der Waals surface area (Å²) in [7, 11) is 1.21. The Morgan fingerprint density at radius 2 is 1.90 bits per heavy atom. The third-order valence-corrected chi connectivity index (χ3v) is 5.93. The summed E-state index contributed by atoms with van der Waals surface area (Å²) in [5, 5.41) is 1.19. The second-order valence-corrected chi connectivity index (χ2v) is 7.30. The second kappa shape index (κ2) is 8.44. The van der Waals surface area contributed by atoms with Crippen LogP contribution in [0, 0.1) is 0 Å². The van der Waals surface area contributed by atoms with Gasteiger partial charge in [0.05, 0.1) is 29.4 Å². The van der Waals surface area contributed by atoms with Crippen LogP contribution in [0.3, 0.4) is 0 Å². The zero-order chi connectivity index (χ0) is 21.2. The molecule has 0 amide bonds. The molecule has 1 aliphatic rings. The maximum absolute atomic E-state index is 13.4. The molecule has 2 aromatic heterocycles. The predicted octanol–water partition coefficient (Wildman–Crippen LogP) is 5.31. The highest BCUT2D eigenvalue weighted by molar-refractivity contribution is 7.21. The molecule has 0 atom stereocenters. The summed E-state index contributed by atoms with van der Waals surface area (Å²) in [6.07, 6.45) is -1.22. The number of aromatic nitrogens is 2. The number of H-pyrrole nitrogens is 1. The van der Waals surface area contributed by atoms with Crippen molar-refractivity contribution in [2.24, 2.45) is 0 Å². The predicted molar refractivity (Wildman–Crippen MR) is 110 cm³/mol. The largest absolute Gasteiger partial charge is 0.496 e. The van der Waals surface area contributed by atoms with Gasteiger partial charge < -0.3 is 14.6 Å². The summed E-state index contributed by atoms with van der Waals surface area (Å²) in [6.45, 7) is 5.64. The number of hydrogen-bond donors (Lipinski definition) is 1. The fourth-order valence-electron chi connectivity index (χ4n) is 3.38. The van der Waals surface area contributed by atoms with Crippen molar-refractivity contribution in [1.29, 1.82) is 0 Å². The highest BCUT2D eigenvalue weighted by Crippen LogP contribution is 2.45. The molecule has 0 unspecified atom stereocenters. The van der Waals surface area contributed by atoms with Gasteiger partial charge in [0.2, 0.25) is 0 Å². The van der Waals surface area contributed by atoms with E-state index in [-0.39, 0.29) is 11.3 Å². The van der Waals surface area contributed by atoms with E-state index in [9.17, 15) is 18.0 Å². The number of methoxy groups -OCH3 is 1. The Kier molecular flexibility index (Phi) is 6.16. The van der Waals surface area contributed by atoms with E-state index in [2.05, 4.69) is 14.9 Å². The first-order chi connectivity index (χ1) is 13.9. The van der Waals surface area contributed by atoms with E-state index in [1.54, 1.807) is 6.07 Å². The van der Waals surface area contributed by atoms with Crippen molar-refractivity contribution in [2.45, 2.75) is 32.9 Å². The molecule has 0 saturated carbocycles. The van der Waals surface area contributed by atoms with Crippen LogP contribution in [0.25, 0.3) is 21.3 Å². The van der Waals surface area contributed by atoms with E-state index in [1.807, 2.05) is 13.8 Å². The van der Waals surface area contributed by atoms with Crippen LogP contribution in [-0.4, -0.2) is 30.2 Å². The molecule has 3 aromatic rings. The molecule has 0 radical (unpaired) electrons. The molecule has 1 N–H and O–H groups in total. The highest BCUT2D eigenvalue weighted by atomic mass is 32.1. The Labute approximate surface area is 170 Å². The average Bonchev–Trinajstić information content (AvgIpc) is 3.37. The molecule has 1 saturated heterocycles. The van der Waals surface area contributed by atoms with E-state index < -0.39 is 11.7 Å². The van der Waals surface area contributed by atoms with Gasteiger partial charge in [-0.2, -0.15) is 13.2 Å². The first-order valence-corrected chi connectivity index (χ1v) is 10.2. The summed E-state index contributed by atoms with van der Waals surface area (Å²) >= 11 is 1.31. The zero-order valence-electron chi connectivity index (χ0n) is 16.4. The minimum atomic E-state index is -4.54. The van der Waals surface area contributed by atoms with Gasteiger partial charge in [-0.3, -0.25) is 4.79 Å². The SMILES string of the molecule is CC.COc1ccc(-c2sc(N3CCCC3)c3c(=O)[nH]cnc23)cc1C(F)(F)F. The van der Waals surface area contributed by atoms with E-state index >= 15 is 0 Å². The van der Waals surface area contributed by atoms with Crippen molar-refractivity contribution in [1.82, 2.24) is 9.97 Å². The lowest BCUT2D eigenvalue weighted by molar-refractivity contribution is -0.138. The van der Waals surface area contributed by atoms with Crippen LogP contribution in [0.5, 0.6) is 5.75 Å². The van der Waals surface area contributed by atoms with Crippen LogP contribution >= 0.6 is 11.3 Å². The number of benzene rings is 1. The molecule has 9 heteroatoms. The molecule has 1 fully saturated rings. The van der Waals surface area contributed by atoms with Gasteiger partial charge in [0.25, 0.3) is 5.56 Å². The number of anilines is 1. The van der Waals surface area contributed by atoms with Crippen molar-refractivity contribution >= 4 is 27.2 Å². The molecule has 1 aromatic carbocycles. The fourth-order valence-corrected chi connectivity index (χ4v) is 4.67. The van der Waals surface area contributed by atoms with Gasteiger partial charge in [-0.05, 0) is 36.6 Å². The van der Waals surface area contributed by atoms with Crippen LogP contribution in [0.2, 0.25) is 0 Å². The Morgan fingerprint density at radius 3 is 2.52 bits per heavy atom. The standard InChI is InChI=1S/C18H16F3N3O2S.C2H6/c1-26-12-5-4-10(8-11(12)18(19,20)21)15-14-13(16(25)23-9-22-14)17(27-15)24-6-2-3-7-24;1-2/h4-5,8-9H,2-3,6-7H2,1H3,(H,22,23,25);1-2H3. The van der Waals surface area contributed by atoms with Crippen molar-refractivity contribution in [3.63, 3.8) is 0 Å². The molecular weight excluding hydrogens is 403 g/mol. The number of ether oxygens (including phenoxy) is 1. The molecule has 1 aliphatic heterocycles.